The fourth-order valence-electron chi connectivity index (χ4n) is 2.27. The van der Waals surface area contributed by atoms with E-state index in [4.69, 9.17) is 5.11 Å². The molecule has 0 saturated heterocycles. The van der Waals surface area contributed by atoms with E-state index in [0.29, 0.717) is 6.42 Å². The SMILES string of the molecule is CSC[C@H](CCO)NC(=O)Nc1c(C)cc(C)cc1C. The molecule has 5 heteroatoms. The summed E-state index contributed by atoms with van der Waals surface area (Å²) >= 11 is 1.65. The fourth-order valence-corrected chi connectivity index (χ4v) is 2.92. The molecular formula is C15H24N2O2S. The summed E-state index contributed by atoms with van der Waals surface area (Å²) in [6.07, 6.45) is 2.55. The molecule has 0 aliphatic carbocycles. The van der Waals surface area contributed by atoms with Crippen molar-refractivity contribution in [1.82, 2.24) is 5.32 Å². The van der Waals surface area contributed by atoms with E-state index in [-0.39, 0.29) is 18.7 Å². The number of urea groups is 1. The summed E-state index contributed by atoms with van der Waals surface area (Å²) in [7, 11) is 0. The van der Waals surface area contributed by atoms with Crippen LogP contribution in [0.4, 0.5) is 10.5 Å². The van der Waals surface area contributed by atoms with E-state index >= 15 is 0 Å². The maximum atomic E-state index is 12.0. The lowest BCUT2D eigenvalue weighted by Crippen LogP contribution is -2.40. The number of benzene rings is 1. The van der Waals surface area contributed by atoms with Gasteiger partial charge in [0.2, 0.25) is 0 Å². The first-order chi connectivity index (χ1) is 9.47. The molecule has 1 atom stereocenters. The number of hydrogen-bond acceptors (Lipinski definition) is 3. The van der Waals surface area contributed by atoms with Crippen molar-refractivity contribution in [2.45, 2.75) is 33.2 Å². The molecule has 0 radical (unpaired) electrons. The van der Waals surface area contributed by atoms with Gasteiger partial charge in [0, 0.05) is 24.1 Å². The van der Waals surface area contributed by atoms with Crippen molar-refractivity contribution in [2.75, 3.05) is 23.9 Å². The summed E-state index contributed by atoms with van der Waals surface area (Å²) in [5.74, 6) is 0.792. The highest BCUT2D eigenvalue weighted by Gasteiger charge is 2.13. The van der Waals surface area contributed by atoms with Crippen LogP contribution >= 0.6 is 11.8 Å². The summed E-state index contributed by atoms with van der Waals surface area (Å²) in [5.41, 5.74) is 4.16. The molecule has 0 bridgehead atoms. The molecular weight excluding hydrogens is 272 g/mol. The Bertz CT molecular complexity index is 434. The highest BCUT2D eigenvalue weighted by molar-refractivity contribution is 7.98. The molecule has 4 nitrogen and oxygen atoms in total. The molecule has 0 unspecified atom stereocenters. The Balaban J connectivity index is 2.70. The van der Waals surface area contributed by atoms with Gasteiger partial charge in [-0.25, -0.2) is 4.79 Å². The molecule has 0 spiro atoms. The lowest BCUT2D eigenvalue weighted by Gasteiger charge is -2.19. The molecule has 0 heterocycles. The normalized spacial score (nSPS) is 12.1. The lowest BCUT2D eigenvalue weighted by molar-refractivity contribution is 0.241. The third-order valence-corrected chi connectivity index (χ3v) is 3.83. The van der Waals surface area contributed by atoms with Gasteiger partial charge >= 0.3 is 6.03 Å². The minimum Gasteiger partial charge on any atom is -0.396 e. The molecule has 112 valence electrons. The second kappa shape index (κ2) is 8.17. The molecule has 0 aliphatic rings. The Hall–Kier alpha value is -1.20. The second-order valence-corrected chi connectivity index (χ2v) is 5.95. The van der Waals surface area contributed by atoms with Crippen LogP contribution in [0.1, 0.15) is 23.1 Å². The van der Waals surface area contributed by atoms with E-state index in [1.54, 1.807) is 11.8 Å². The number of rotatable bonds is 6. The van der Waals surface area contributed by atoms with E-state index in [2.05, 4.69) is 22.8 Å². The van der Waals surface area contributed by atoms with Gasteiger partial charge in [-0.15, -0.1) is 0 Å². The number of carbonyl (C=O) groups excluding carboxylic acids is 1. The van der Waals surface area contributed by atoms with Crippen LogP contribution < -0.4 is 10.6 Å². The van der Waals surface area contributed by atoms with Gasteiger partial charge in [0.05, 0.1) is 0 Å². The standard InChI is InChI=1S/C15H24N2O2S/c1-10-7-11(2)14(12(3)8-10)17-15(19)16-13(5-6-18)9-20-4/h7-8,13,18H,5-6,9H2,1-4H3,(H2,16,17,19)/t13-/m0/s1. The number of aliphatic hydroxyl groups excluding tert-OH is 1. The molecule has 0 aliphatic heterocycles. The van der Waals surface area contributed by atoms with Gasteiger partial charge in [-0.05, 0) is 44.6 Å². The highest BCUT2D eigenvalue weighted by atomic mass is 32.2. The molecule has 1 rings (SSSR count). The van der Waals surface area contributed by atoms with Gasteiger partial charge in [0.25, 0.3) is 0 Å². The molecule has 0 saturated carbocycles. The van der Waals surface area contributed by atoms with Crippen LogP contribution in [0.3, 0.4) is 0 Å². The largest absolute Gasteiger partial charge is 0.396 e. The van der Waals surface area contributed by atoms with Crippen molar-refractivity contribution >= 4 is 23.5 Å². The minimum atomic E-state index is -0.215. The number of aryl methyl sites for hydroxylation is 3. The number of thioether (sulfide) groups is 1. The third kappa shape index (κ3) is 5.06. The summed E-state index contributed by atoms with van der Waals surface area (Å²) in [4.78, 5) is 12.0. The molecule has 1 aromatic carbocycles. The highest BCUT2D eigenvalue weighted by Crippen LogP contribution is 2.21. The summed E-state index contributed by atoms with van der Waals surface area (Å²) in [6.45, 7) is 6.10. The van der Waals surface area contributed by atoms with E-state index < -0.39 is 0 Å². The van der Waals surface area contributed by atoms with Crippen LogP contribution in [0.15, 0.2) is 12.1 Å². The van der Waals surface area contributed by atoms with Gasteiger partial charge < -0.3 is 15.7 Å². The van der Waals surface area contributed by atoms with Crippen LogP contribution in [0.2, 0.25) is 0 Å². The fraction of sp³-hybridized carbons (Fsp3) is 0.533. The molecule has 0 aromatic heterocycles. The third-order valence-electron chi connectivity index (χ3n) is 3.10. The van der Waals surface area contributed by atoms with Gasteiger partial charge in [0.1, 0.15) is 0 Å². The smallest absolute Gasteiger partial charge is 0.319 e. The van der Waals surface area contributed by atoms with Crippen molar-refractivity contribution in [3.8, 4) is 0 Å². The zero-order valence-corrected chi connectivity index (χ0v) is 13.4. The van der Waals surface area contributed by atoms with Crippen molar-refractivity contribution in [3.63, 3.8) is 0 Å². The maximum Gasteiger partial charge on any atom is 0.319 e. The Morgan fingerprint density at radius 3 is 2.40 bits per heavy atom. The first kappa shape index (κ1) is 16.9. The van der Waals surface area contributed by atoms with E-state index in [1.807, 2.05) is 27.0 Å². The van der Waals surface area contributed by atoms with Crippen molar-refractivity contribution in [1.29, 1.82) is 0 Å². The first-order valence-electron chi connectivity index (χ1n) is 6.73. The van der Waals surface area contributed by atoms with Crippen molar-refractivity contribution < 1.29 is 9.90 Å². The predicted molar refractivity (Wildman–Crippen MR) is 86.7 cm³/mol. The van der Waals surface area contributed by atoms with Crippen LogP contribution in [0, 0.1) is 20.8 Å². The van der Waals surface area contributed by atoms with Gasteiger partial charge in [-0.1, -0.05) is 17.7 Å². The molecule has 20 heavy (non-hydrogen) atoms. The average Bonchev–Trinajstić information content (AvgIpc) is 2.34. The van der Waals surface area contributed by atoms with Crippen molar-refractivity contribution in [3.05, 3.63) is 28.8 Å². The van der Waals surface area contributed by atoms with Gasteiger partial charge in [-0.2, -0.15) is 11.8 Å². The quantitative estimate of drug-likeness (QED) is 0.756. The van der Waals surface area contributed by atoms with E-state index in [0.717, 1.165) is 22.6 Å². The number of amides is 2. The van der Waals surface area contributed by atoms with Gasteiger partial charge in [-0.3, -0.25) is 0 Å². The summed E-state index contributed by atoms with van der Waals surface area (Å²) < 4.78 is 0. The average molecular weight is 296 g/mol. The minimum absolute atomic E-state index is 0.0129. The lowest BCUT2D eigenvalue weighted by atomic mass is 10.1. The molecule has 3 N–H and O–H groups in total. The monoisotopic (exact) mass is 296 g/mol. The topological polar surface area (TPSA) is 61.4 Å². The zero-order valence-electron chi connectivity index (χ0n) is 12.6. The van der Waals surface area contributed by atoms with Crippen LogP contribution in [-0.2, 0) is 0 Å². The predicted octanol–water partition coefficient (Wildman–Crippen LogP) is 2.85. The number of carbonyl (C=O) groups is 1. The Morgan fingerprint density at radius 1 is 1.30 bits per heavy atom. The second-order valence-electron chi connectivity index (χ2n) is 5.04. The molecule has 1 aromatic rings. The van der Waals surface area contributed by atoms with Crippen LogP contribution in [0.25, 0.3) is 0 Å². The van der Waals surface area contributed by atoms with Crippen LogP contribution in [0.5, 0.6) is 0 Å². The van der Waals surface area contributed by atoms with Crippen LogP contribution in [-0.4, -0.2) is 35.8 Å². The molecule has 0 fully saturated rings. The number of nitrogens with one attached hydrogen (secondary N) is 2. The summed E-state index contributed by atoms with van der Waals surface area (Å²) in [6, 6.07) is 3.87. The van der Waals surface area contributed by atoms with E-state index in [9.17, 15) is 4.79 Å². The number of anilines is 1. The maximum absolute atomic E-state index is 12.0. The Kier molecular flexibility index (Phi) is 6.88. The Labute approximate surface area is 125 Å². The Morgan fingerprint density at radius 2 is 1.90 bits per heavy atom. The zero-order chi connectivity index (χ0) is 15.1. The number of hydrogen-bond donors (Lipinski definition) is 3. The first-order valence-corrected chi connectivity index (χ1v) is 8.12. The van der Waals surface area contributed by atoms with Gasteiger partial charge in [0.15, 0.2) is 0 Å². The summed E-state index contributed by atoms with van der Waals surface area (Å²) in [5, 5.41) is 14.8. The number of aliphatic hydroxyl groups is 1. The molecule has 2 amide bonds. The van der Waals surface area contributed by atoms with E-state index in [1.165, 1.54) is 5.56 Å². The van der Waals surface area contributed by atoms with Crippen molar-refractivity contribution in [2.24, 2.45) is 0 Å².